The average Bonchev–Trinajstić information content (AvgIpc) is 2.74. The van der Waals surface area contributed by atoms with E-state index in [-0.39, 0.29) is 26.0 Å². The molecule has 0 saturated heterocycles. The standard InChI is InChI=1S/C19H25N5O7/c20-23-21-11-5-4-8-17(26)24(31-13-14-6-2-1-3-7-14)12-16(25)22-15(19(29)30)9-10-18(27)28/h1-3,6-7,15H,4-5,8-13H2,(H,22,25)(H,27,28)(H,29,30). The van der Waals surface area contributed by atoms with Crippen LogP contribution in [0.15, 0.2) is 35.4 Å². The summed E-state index contributed by atoms with van der Waals surface area (Å²) in [6.07, 6.45) is 0.181. The van der Waals surface area contributed by atoms with E-state index in [9.17, 15) is 19.2 Å². The van der Waals surface area contributed by atoms with Crippen molar-refractivity contribution < 1.29 is 34.2 Å². The molecule has 0 aromatic heterocycles. The number of carboxylic acids is 2. The van der Waals surface area contributed by atoms with Crippen molar-refractivity contribution in [3.63, 3.8) is 0 Å². The minimum Gasteiger partial charge on any atom is -0.481 e. The van der Waals surface area contributed by atoms with Crippen molar-refractivity contribution in [1.82, 2.24) is 10.4 Å². The number of nitrogens with one attached hydrogen (secondary N) is 1. The van der Waals surface area contributed by atoms with Gasteiger partial charge in [0.15, 0.2) is 0 Å². The number of azide groups is 1. The molecule has 1 unspecified atom stereocenters. The molecule has 0 bridgehead atoms. The van der Waals surface area contributed by atoms with Gasteiger partial charge in [0.25, 0.3) is 0 Å². The van der Waals surface area contributed by atoms with Crippen LogP contribution in [0.2, 0.25) is 0 Å². The molecule has 0 heterocycles. The maximum absolute atomic E-state index is 12.5. The molecule has 0 aliphatic heterocycles. The number of aliphatic carboxylic acids is 2. The Morgan fingerprint density at radius 2 is 1.84 bits per heavy atom. The Morgan fingerprint density at radius 1 is 1.13 bits per heavy atom. The van der Waals surface area contributed by atoms with Crippen LogP contribution in [0.25, 0.3) is 10.4 Å². The quantitative estimate of drug-likeness (QED) is 0.123. The third kappa shape index (κ3) is 11.2. The van der Waals surface area contributed by atoms with E-state index in [1.54, 1.807) is 24.3 Å². The van der Waals surface area contributed by atoms with Gasteiger partial charge in [0.2, 0.25) is 11.8 Å². The number of amides is 2. The molecular formula is C19H25N5O7. The second kappa shape index (κ2) is 14.4. The molecule has 1 rings (SSSR count). The van der Waals surface area contributed by atoms with E-state index >= 15 is 0 Å². The fraction of sp³-hybridized carbons (Fsp3) is 0.474. The van der Waals surface area contributed by atoms with Crippen LogP contribution in [-0.4, -0.2) is 58.2 Å². The third-order valence-electron chi connectivity index (χ3n) is 4.04. The number of nitrogens with zero attached hydrogens (tertiary/aromatic N) is 4. The fourth-order valence-electron chi connectivity index (χ4n) is 2.46. The number of benzene rings is 1. The Kier molecular flexibility index (Phi) is 11.8. The zero-order chi connectivity index (χ0) is 23.1. The number of hydroxylamine groups is 2. The Labute approximate surface area is 178 Å². The van der Waals surface area contributed by atoms with Crippen molar-refractivity contribution in [3.05, 3.63) is 46.3 Å². The van der Waals surface area contributed by atoms with Gasteiger partial charge in [0.05, 0.1) is 0 Å². The lowest BCUT2D eigenvalue weighted by Crippen LogP contribution is -2.47. The molecule has 12 nitrogen and oxygen atoms in total. The summed E-state index contributed by atoms with van der Waals surface area (Å²) in [5, 5.41) is 24.3. The number of carbonyl (C=O) groups is 4. The van der Waals surface area contributed by atoms with Gasteiger partial charge >= 0.3 is 11.9 Å². The molecule has 168 valence electrons. The van der Waals surface area contributed by atoms with Gasteiger partial charge in [0.1, 0.15) is 19.2 Å². The number of hydrogen-bond donors (Lipinski definition) is 3. The van der Waals surface area contributed by atoms with Crippen molar-refractivity contribution in [2.45, 2.75) is 44.8 Å². The van der Waals surface area contributed by atoms with Crippen LogP contribution in [0, 0.1) is 0 Å². The SMILES string of the molecule is [N-]=[N+]=NCCCCC(=O)N(CC(=O)NC(CCC(=O)O)C(=O)O)OCc1ccccc1. The Morgan fingerprint density at radius 3 is 2.45 bits per heavy atom. The number of carboxylic acid groups (broad SMARTS) is 2. The normalized spacial score (nSPS) is 11.1. The smallest absolute Gasteiger partial charge is 0.326 e. The zero-order valence-corrected chi connectivity index (χ0v) is 16.8. The zero-order valence-electron chi connectivity index (χ0n) is 16.8. The summed E-state index contributed by atoms with van der Waals surface area (Å²) >= 11 is 0. The number of carbonyl (C=O) groups excluding carboxylic acids is 2. The lowest BCUT2D eigenvalue weighted by molar-refractivity contribution is -0.193. The largest absolute Gasteiger partial charge is 0.481 e. The summed E-state index contributed by atoms with van der Waals surface area (Å²) in [6.45, 7) is -0.308. The molecule has 3 N–H and O–H groups in total. The van der Waals surface area contributed by atoms with Crippen LogP contribution in [-0.2, 0) is 30.6 Å². The minimum atomic E-state index is -1.40. The van der Waals surface area contributed by atoms with Crippen molar-refractivity contribution in [1.29, 1.82) is 0 Å². The van der Waals surface area contributed by atoms with Gasteiger partial charge in [-0.05, 0) is 30.4 Å². The van der Waals surface area contributed by atoms with Gasteiger partial charge in [-0.15, -0.1) is 0 Å². The Bertz CT molecular complexity index is 796. The van der Waals surface area contributed by atoms with Crippen molar-refractivity contribution >= 4 is 23.8 Å². The van der Waals surface area contributed by atoms with Crippen LogP contribution in [0.3, 0.4) is 0 Å². The average molecular weight is 435 g/mol. The van der Waals surface area contributed by atoms with Crippen LogP contribution in [0.4, 0.5) is 0 Å². The first-order chi connectivity index (χ1) is 14.8. The molecule has 31 heavy (non-hydrogen) atoms. The van der Waals surface area contributed by atoms with Crippen LogP contribution in [0.5, 0.6) is 0 Å². The van der Waals surface area contributed by atoms with E-state index in [4.69, 9.17) is 20.6 Å². The maximum atomic E-state index is 12.5. The Hall–Kier alpha value is -3.63. The van der Waals surface area contributed by atoms with Crippen molar-refractivity contribution in [3.8, 4) is 0 Å². The minimum absolute atomic E-state index is 0.0138. The molecule has 0 aliphatic carbocycles. The van der Waals surface area contributed by atoms with Crippen molar-refractivity contribution in [2.75, 3.05) is 13.1 Å². The van der Waals surface area contributed by atoms with E-state index in [1.807, 2.05) is 6.07 Å². The highest BCUT2D eigenvalue weighted by Gasteiger charge is 2.24. The second-order valence-corrected chi connectivity index (χ2v) is 6.49. The van der Waals surface area contributed by atoms with Gasteiger partial charge in [-0.3, -0.25) is 19.2 Å². The molecule has 0 spiro atoms. The summed E-state index contributed by atoms with van der Waals surface area (Å²) in [6, 6.07) is 7.52. The van der Waals surface area contributed by atoms with Gasteiger partial charge in [0, 0.05) is 24.3 Å². The number of hydrogen-bond acceptors (Lipinski definition) is 6. The first-order valence-corrected chi connectivity index (χ1v) is 9.55. The van der Waals surface area contributed by atoms with E-state index < -0.39 is 42.8 Å². The van der Waals surface area contributed by atoms with E-state index in [0.717, 1.165) is 10.6 Å². The monoisotopic (exact) mass is 435 g/mol. The molecular weight excluding hydrogens is 410 g/mol. The highest BCUT2D eigenvalue weighted by Crippen LogP contribution is 2.08. The summed E-state index contributed by atoms with van der Waals surface area (Å²) in [5.41, 5.74) is 9.02. The highest BCUT2D eigenvalue weighted by molar-refractivity contribution is 5.87. The molecule has 1 aromatic rings. The molecule has 1 atom stereocenters. The van der Waals surface area contributed by atoms with E-state index in [0.29, 0.717) is 12.8 Å². The van der Waals surface area contributed by atoms with E-state index in [2.05, 4.69) is 15.3 Å². The number of unbranched alkanes of at least 4 members (excludes halogenated alkanes) is 1. The second-order valence-electron chi connectivity index (χ2n) is 6.49. The van der Waals surface area contributed by atoms with Gasteiger partial charge < -0.3 is 15.5 Å². The van der Waals surface area contributed by atoms with Gasteiger partial charge in [-0.2, -0.15) is 0 Å². The molecule has 12 heteroatoms. The predicted octanol–water partition coefficient (Wildman–Crippen LogP) is 1.86. The summed E-state index contributed by atoms with van der Waals surface area (Å²) in [4.78, 5) is 54.8. The molecule has 0 fully saturated rings. The van der Waals surface area contributed by atoms with Gasteiger partial charge in [-0.1, -0.05) is 35.4 Å². The van der Waals surface area contributed by atoms with Crippen molar-refractivity contribution in [2.24, 2.45) is 5.11 Å². The van der Waals surface area contributed by atoms with Crippen LogP contribution in [0.1, 0.15) is 37.7 Å². The molecule has 1 aromatic carbocycles. The maximum Gasteiger partial charge on any atom is 0.326 e. The lowest BCUT2D eigenvalue weighted by Gasteiger charge is -2.23. The lowest BCUT2D eigenvalue weighted by atomic mass is 10.1. The summed E-state index contributed by atoms with van der Waals surface area (Å²) in [5.74, 6) is -3.86. The molecule has 0 aliphatic rings. The van der Waals surface area contributed by atoms with Crippen LogP contribution >= 0.6 is 0 Å². The Balaban J connectivity index is 2.72. The highest BCUT2D eigenvalue weighted by atomic mass is 16.7. The van der Waals surface area contributed by atoms with Crippen LogP contribution < -0.4 is 5.32 Å². The first-order valence-electron chi connectivity index (χ1n) is 9.55. The summed E-state index contributed by atoms with van der Waals surface area (Å²) < 4.78 is 0. The number of rotatable bonds is 15. The fourth-order valence-corrected chi connectivity index (χ4v) is 2.46. The predicted molar refractivity (Wildman–Crippen MR) is 107 cm³/mol. The molecule has 0 radical (unpaired) electrons. The third-order valence-corrected chi connectivity index (χ3v) is 4.04. The van der Waals surface area contributed by atoms with Gasteiger partial charge in [-0.25, -0.2) is 9.86 Å². The van der Waals surface area contributed by atoms with E-state index in [1.165, 1.54) is 0 Å². The summed E-state index contributed by atoms with van der Waals surface area (Å²) in [7, 11) is 0. The molecule has 2 amide bonds. The topological polar surface area (TPSA) is 182 Å². The molecule has 0 saturated carbocycles. The first kappa shape index (κ1) is 25.4.